The summed E-state index contributed by atoms with van der Waals surface area (Å²) in [6.45, 7) is 0. The third kappa shape index (κ3) is 10.5. The van der Waals surface area contributed by atoms with Gasteiger partial charge in [-0.1, -0.05) is 96.3 Å². The van der Waals surface area contributed by atoms with E-state index in [1.807, 2.05) is 0 Å². The molecule has 1 saturated carbocycles. The SMILES string of the molecule is O=CCCCCCCC1CCCCCCCCCCC1. The summed E-state index contributed by atoms with van der Waals surface area (Å²) in [5, 5.41) is 0. The minimum Gasteiger partial charge on any atom is -0.303 e. The zero-order valence-electron chi connectivity index (χ0n) is 13.6. The monoisotopic (exact) mass is 280 g/mol. The smallest absolute Gasteiger partial charge is 0.119 e. The first kappa shape index (κ1) is 17.7. The maximum atomic E-state index is 10.3. The maximum absolute atomic E-state index is 10.3. The Hall–Kier alpha value is -0.330. The van der Waals surface area contributed by atoms with Gasteiger partial charge in [-0.05, 0) is 12.3 Å². The molecule has 0 aromatic rings. The molecule has 118 valence electrons. The Bertz CT molecular complexity index is 200. The van der Waals surface area contributed by atoms with Crippen molar-refractivity contribution in [1.82, 2.24) is 0 Å². The lowest BCUT2D eigenvalue weighted by molar-refractivity contribution is -0.107. The van der Waals surface area contributed by atoms with Crippen LogP contribution in [0.2, 0.25) is 0 Å². The van der Waals surface area contributed by atoms with Gasteiger partial charge in [0, 0.05) is 6.42 Å². The van der Waals surface area contributed by atoms with E-state index in [0.29, 0.717) is 0 Å². The minimum atomic E-state index is 0.767. The van der Waals surface area contributed by atoms with Crippen molar-refractivity contribution in [3.05, 3.63) is 0 Å². The summed E-state index contributed by atoms with van der Waals surface area (Å²) in [6, 6.07) is 0. The van der Waals surface area contributed by atoms with Gasteiger partial charge >= 0.3 is 0 Å². The van der Waals surface area contributed by atoms with Gasteiger partial charge in [-0.25, -0.2) is 0 Å². The number of unbranched alkanes of at least 4 members (excludes halogenated alkanes) is 4. The third-order valence-corrected chi connectivity index (χ3v) is 4.91. The van der Waals surface area contributed by atoms with Crippen LogP contribution >= 0.6 is 0 Å². The summed E-state index contributed by atoms with van der Waals surface area (Å²) in [5.41, 5.74) is 0. The van der Waals surface area contributed by atoms with Gasteiger partial charge in [0.15, 0.2) is 0 Å². The predicted molar refractivity (Wildman–Crippen MR) is 88.0 cm³/mol. The van der Waals surface area contributed by atoms with Crippen molar-refractivity contribution < 1.29 is 4.79 Å². The van der Waals surface area contributed by atoms with E-state index >= 15 is 0 Å². The van der Waals surface area contributed by atoms with Crippen molar-refractivity contribution in [1.29, 1.82) is 0 Å². The van der Waals surface area contributed by atoms with Crippen LogP contribution < -0.4 is 0 Å². The molecular formula is C19H36O. The number of carbonyl (C=O) groups excluding carboxylic acids is 1. The summed E-state index contributed by atoms with van der Waals surface area (Å²) in [6.07, 6.45) is 24.6. The Balaban J connectivity index is 2.09. The van der Waals surface area contributed by atoms with Crippen LogP contribution in [0.4, 0.5) is 0 Å². The standard InChI is InChI=1S/C19H36O/c20-18-14-10-6-9-13-17-19-15-11-7-4-2-1-3-5-8-12-16-19/h18-19H,1-17H2. The molecule has 1 rings (SSSR count). The molecule has 1 nitrogen and oxygen atoms in total. The van der Waals surface area contributed by atoms with Crippen molar-refractivity contribution in [3.63, 3.8) is 0 Å². The summed E-state index contributed by atoms with van der Waals surface area (Å²) in [4.78, 5) is 10.3. The van der Waals surface area contributed by atoms with Gasteiger partial charge in [0.25, 0.3) is 0 Å². The molecule has 0 unspecified atom stereocenters. The van der Waals surface area contributed by atoms with Crippen LogP contribution in [-0.4, -0.2) is 6.29 Å². The first-order valence-corrected chi connectivity index (χ1v) is 9.37. The zero-order chi connectivity index (χ0) is 14.3. The highest BCUT2D eigenvalue weighted by atomic mass is 16.1. The van der Waals surface area contributed by atoms with E-state index in [0.717, 1.165) is 25.0 Å². The largest absolute Gasteiger partial charge is 0.303 e. The van der Waals surface area contributed by atoms with E-state index in [1.54, 1.807) is 0 Å². The highest BCUT2D eigenvalue weighted by Crippen LogP contribution is 2.25. The molecule has 0 atom stereocenters. The van der Waals surface area contributed by atoms with Gasteiger partial charge in [0.1, 0.15) is 6.29 Å². The number of carbonyl (C=O) groups is 1. The molecule has 0 aromatic carbocycles. The van der Waals surface area contributed by atoms with Crippen molar-refractivity contribution in [2.75, 3.05) is 0 Å². The third-order valence-electron chi connectivity index (χ3n) is 4.91. The van der Waals surface area contributed by atoms with Crippen LogP contribution in [0.1, 0.15) is 109 Å². The van der Waals surface area contributed by atoms with Crippen molar-refractivity contribution >= 4 is 6.29 Å². The summed E-state index contributed by atoms with van der Waals surface area (Å²) in [7, 11) is 0. The first-order chi connectivity index (χ1) is 9.93. The topological polar surface area (TPSA) is 17.1 Å². The average molecular weight is 280 g/mol. The molecular weight excluding hydrogens is 244 g/mol. The Kier molecular flexibility index (Phi) is 12.1. The molecule has 1 aliphatic carbocycles. The predicted octanol–water partition coefficient (Wildman–Crippen LogP) is 6.45. The Morgan fingerprint density at radius 1 is 0.650 bits per heavy atom. The number of hydrogen-bond donors (Lipinski definition) is 0. The van der Waals surface area contributed by atoms with Gasteiger partial charge in [0.2, 0.25) is 0 Å². The highest BCUT2D eigenvalue weighted by molar-refractivity contribution is 5.48. The first-order valence-electron chi connectivity index (χ1n) is 9.37. The maximum Gasteiger partial charge on any atom is 0.119 e. The Morgan fingerprint density at radius 3 is 1.70 bits per heavy atom. The number of rotatable bonds is 7. The van der Waals surface area contributed by atoms with Gasteiger partial charge in [0.05, 0.1) is 0 Å². The normalized spacial score (nSPS) is 20.0. The molecule has 1 aliphatic rings. The fourth-order valence-electron chi connectivity index (χ4n) is 3.55. The lowest BCUT2D eigenvalue weighted by Crippen LogP contribution is -2.02. The molecule has 0 spiro atoms. The molecule has 0 saturated heterocycles. The van der Waals surface area contributed by atoms with Crippen LogP contribution in [0, 0.1) is 5.92 Å². The molecule has 0 radical (unpaired) electrons. The molecule has 0 aliphatic heterocycles. The van der Waals surface area contributed by atoms with Gasteiger partial charge in [-0.2, -0.15) is 0 Å². The van der Waals surface area contributed by atoms with Crippen LogP contribution in [0.3, 0.4) is 0 Å². The molecule has 0 N–H and O–H groups in total. The van der Waals surface area contributed by atoms with E-state index in [-0.39, 0.29) is 0 Å². The molecule has 0 aromatic heterocycles. The van der Waals surface area contributed by atoms with Crippen molar-refractivity contribution in [2.24, 2.45) is 5.92 Å². The molecule has 0 bridgehead atoms. The summed E-state index contributed by atoms with van der Waals surface area (Å²) >= 11 is 0. The molecule has 1 heteroatoms. The number of hydrogen-bond acceptors (Lipinski definition) is 1. The Morgan fingerprint density at radius 2 is 1.15 bits per heavy atom. The summed E-state index contributed by atoms with van der Waals surface area (Å²) in [5.74, 6) is 1.00. The van der Waals surface area contributed by atoms with E-state index in [1.165, 1.54) is 96.3 Å². The molecule has 0 amide bonds. The fraction of sp³-hybridized carbons (Fsp3) is 0.947. The van der Waals surface area contributed by atoms with E-state index in [9.17, 15) is 4.79 Å². The van der Waals surface area contributed by atoms with E-state index in [2.05, 4.69) is 0 Å². The van der Waals surface area contributed by atoms with Crippen molar-refractivity contribution in [2.45, 2.75) is 109 Å². The average Bonchev–Trinajstić information content (AvgIpc) is 2.45. The van der Waals surface area contributed by atoms with Crippen molar-refractivity contribution in [3.8, 4) is 0 Å². The minimum absolute atomic E-state index is 0.767. The van der Waals surface area contributed by atoms with Gasteiger partial charge < -0.3 is 4.79 Å². The van der Waals surface area contributed by atoms with Crippen LogP contribution in [-0.2, 0) is 4.79 Å². The quantitative estimate of drug-likeness (QED) is 0.387. The zero-order valence-corrected chi connectivity index (χ0v) is 13.6. The molecule has 0 heterocycles. The fourth-order valence-corrected chi connectivity index (χ4v) is 3.55. The number of aldehydes is 1. The molecule has 20 heavy (non-hydrogen) atoms. The second-order valence-electron chi connectivity index (χ2n) is 6.78. The van der Waals surface area contributed by atoms with Gasteiger partial charge in [-0.15, -0.1) is 0 Å². The lowest BCUT2D eigenvalue weighted by Gasteiger charge is -2.17. The van der Waals surface area contributed by atoms with Crippen LogP contribution in [0.25, 0.3) is 0 Å². The summed E-state index contributed by atoms with van der Waals surface area (Å²) < 4.78 is 0. The second kappa shape index (κ2) is 13.6. The highest BCUT2D eigenvalue weighted by Gasteiger charge is 2.09. The second-order valence-corrected chi connectivity index (χ2v) is 6.78. The lowest BCUT2D eigenvalue weighted by atomic mass is 9.89. The van der Waals surface area contributed by atoms with Crippen LogP contribution in [0.5, 0.6) is 0 Å². The van der Waals surface area contributed by atoms with Gasteiger partial charge in [-0.3, -0.25) is 0 Å². The Labute approximate surface area is 126 Å². The van der Waals surface area contributed by atoms with E-state index < -0.39 is 0 Å². The van der Waals surface area contributed by atoms with E-state index in [4.69, 9.17) is 0 Å². The molecule has 1 fully saturated rings. The van der Waals surface area contributed by atoms with Crippen LogP contribution in [0.15, 0.2) is 0 Å².